The van der Waals surface area contributed by atoms with Gasteiger partial charge in [-0.1, -0.05) is 6.92 Å². The highest BCUT2D eigenvalue weighted by atomic mass is 19.4. The minimum absolute atomic E-state index is 0.0599. The number of hydrogen-bond donors (Lipinski definition) is 1. The summed E-state index contributed by atoms with van der Waals surface area (Å²) in [5, 5.41) is 4.29. The number of primary amides is 1. The van der Waals surface area contributed by atoms with E-state index in [1.807, 2.05) is 0 Å². The number of nitrogens with zero attached hydrogens (tertiary/aromatic N) is 4. The molecule has 2 N–H and O–H groups in total. The van der Waals surface area contributed by atoms with Gasteiger partial charge in [-0.25, -0.2) is 9.67 Å². The average molecular weight is 451 g/mol. The van der Waals surface area contributed by atoms with Crippen molar-refractivity contribution in [3.63, 3.8) is 0 Å². The molecule has 3 heterocycles. The van der Waals surface area contributed by atoms with E-state index in [-0.39, 0.29) is 37.3 Å². The van der Waals surface area contributed by atoms with Crippen LogP contribution in [0.1, 0.15) is 56.8 Å². The minimum atomic E-state index is -4.20. The van der Waals surface area contributed by atoms with E-state index in [2.05, 4.69) is 35.8 Å². The molecular weight excluding hydrogens is 423 g/mol. The number of halogens is 3. The molecule has 1 aliphatic heterocycles. The number of anilines is 1. The highest BCUT2D eigenvalue weighted by Crippen LogP contribution is 2.59. The van der Waals surface area contributed by atoms with Gasteiger partial charge in [-0.15, -0.1) is 5.10 Å². The largest absolute Gasteiger partial charge is 0.477 e. The van der Waals surface area contributed by atoms with Crippen molar-refractivity contribution in [3.8, 4) is 11.7 Å². The van der Waals surface area contributed by atoms with Crippen LogP contribution >= 0.6 is 0 Å². The van der Waals surface area contributed by atoms with Crippen LogP contribution in [0.4, 0.5) is 19.0 Å². The van der Waals surface area contributed by atoms with Crippen LogP contribution < -0.4 is 15.4 Å². The molecule has 1 unspecified atom stereocenters. The molecule has 32 heavy (non-hydrogen) atoms. The third-order valence-electron chi connectivity index (χ3n) is 6.54. The van der Waals surface area contributed by atoms with Crippen LogP contribution in [0.25, 0.3) is 5.82 Å². The van der Waals surface area contributed by atoms with E-state index in [1.54, 1.807) is 24.4 Å². The first-order valence-electron chi connectivity index (χ1n) is 10.8. The fourth-order valence-corrected chi connectivity index (χ4v) is 4.61. The van der Waals surface area contributed by atoms with Gasteiger partial charge in [-0.3, -0.25) is 4.79 Å². The lowest BCUT2D eigenvalue weighted by Gasteiger charge is -2.33. The van der Waals surface area contributed by atoms with E-state index in [0.29, 0.717) is 23.1 Å². The smallest absolute Gasteiger partial charge is 0.394 e. The van der Waals surface area contributed by atoms with Crippen molar-refractivity contribution in [3.05, 3.63) is 30.0 Å². The summed E-state index contributed by atoms with van der Waals surface area (Å²) in [5.41, 5.74) is 4.14. The van der Waals surface area contributed by atoms with Crippen molar-refractivity contribution in [2.45, 2.75) is 58.2 Å². The van der Waals surface area contributed by atoms with Crippen LogP contribution in [0.15, 0.2) is 24.4 Å². The van der Waals surface area contributed by atoms with E-state index in [1.165, 1.54) is 4.68 Å². The molecule has 2 fully saturated rings. The van der Waals surface area contributed by atoms with E-state index < -0.39 is 17.5 Å². The van der Waals surface area contributed by atoms with E-state index in [4.69, 9.17) is 10.5 Å². The van der Waals surface area contributed by atoms with Crippen molar-refractivity contribution in [2.24, 2.45) is 17.1 Å². The number of rotatable bonds is 7. The number of carbonyl (C=O) groups excluding carboxylic acids is 1. The van der Waals surface area contributed by atoms with Gasteiger partial charge in [0, 0.05) is 24.3 Å². The van der Waals surface area contributed by atoms with Crippen LogP contribution in [0, 0.1) is 11.3 Å². The summed E-state index contributed by atoms with van der Waals surface area (Å²) in [6.45, 7) is 7.04. The van der Waals surface area contributed by atoms with Crippen molar-refractivity contribution in [1.82, 2.24) is 14.8 Å². The Labute approximate surface area is 184 Å². The maximum atomic E-state index is 13.1. The molecule has 0 radical (unpaired) electrons. The van der Waals surface area contributed by atoms with Crippen molar-refractivity contribution in [2.75, 3.05) is 18.1 Å². The predicted molar refractivity (Wildman–Crippen MR) is 113 cm³/mol. The summed E-state index contributed by atoms with van der Waals surface area (Å²) in [5.74, 6) is 1.07. The summed E-state index contributed by atoms with van der Waals surface area (Å²) in [4.78, 5) is 18.8. The van der Waals surface area contributed by atoms with Crippen molar-refractivity contribution < 1.29 is 22.7 Å². The first-order valence-corrected chi connectivity index (χ1v) is 10.8. The zero-order chi connectivity index (χ0) is 23.3. The monoisotopic (exact) mass is 451 g/mol. The van der Waals surface area contributed by atoms with Crippen molar-refractivity contribution >= 4 is 11.7 Å². The van der Waals surface area contributed by atoms with Gasteiger partial charge >= 0.3 is 6.18 Å². The van der Waals surface area contributed by atoms with Gasteiger partial charge in [0.25, 0.3) is 5.91 Å². The summed E-state index contributed by atoms with van der Waals surface area (Å²) in [6, 6.07) is 4.84. The molecule has 1 amide bonds. The fourth-order valence-electron chi connectivity index (χ4n) is 4.61. The van der Waals surface area contributed by atoms with E-state index in [9.17, 15) is 18.0 Å². The molecule has 10 heteroatoms. The molecule has 1 atom stereocenters. The number of hydrogen-bond acceptors (Lipinski definition) is 5. The van der Waals surface area contributed by atoms with Gasteiger partial charge in [0.05, 0.1) is 17.6 Å². The highest BCUT2D eigenvalue weighted by Gasteiger charge is 2.62. The number of ether oxygens (including phenoxy) is 1. The number of carbonyl (C=O) groups is 1. The SMILES string of the molecule is CC1CN(c2nc(-n3ccc(OCCC4(C(F)(F)F)CC4)n3)ccc2C(N)=O)C(C)(C)C1. The molecule has 0 spiro atoms. The highest BCUT2D eigenvalue weighted by molar-refractivity contribution is 5.98. The molecule has 1 saturated heterocycles. The maximum absolute atomic E-state index is 13.1. The van der Waals surface area contributed by atoms with Crippen molar-refractivity contribution in [1.29, 1.82) is 0 Å². The number of pyridine rings is 1. The first kappa shape index (κ1) is 22.4. The van der Waals surface area contributed by atoms with Gasteiger partial charge < -0.3 is 15.4 Å². The zero-order valence-electron chi connectivity index (χ0n) is 18.4. The summed E-state index contributed by atoms with van der Waals surface area (Å²) in [6.07, 6.45) is -1.40. The Hall–Kier alpha value is -2.78. The Kier molecular flexibility index (Phi) is 5.37. The van der Waals surface area contributed by atoms with Crippen LogP contribution in [0.3, 0.4) is 0 Å². The quantitative estimate of drug-likeness (QED) is 0.685. The maximum Gasteiger partial charge on any atom is 0.394 e. The van der Waals surface area contributed by atoms with Crippen LogP contribution in [-0.4, -0.2) is 45.5 Å². The molecule has 1 aliphatic carbocycles. The second-order valence-electron chi connectivity index (χ2n) is 9.61. The second-order valence-corrected chi connectivity index (χ2v) is 9.61. The molecule has 1 saturated carbocycles. The first-order chi connectivity index (χ1) is 14.9. The standard InChI is InChI=1S/C22H28F3N5O2/c1-14-12-20(2,3)29(13-14)19-15(18(26)31)4-5-16(27-19)30-10-6-17(28-30)32-11-9-21(7-8-21)22(23,24)25/h4-6,10,14H,7-9,11-13H2,1-3H3,(H2,26,31). The molecule has 2 aromatic heterocycles. The number of aromatic nitrogens is 3. The second kappa shape index (κ2) is 7.67. The average Bonchev–Trinajstić information content (AvgIpc) is 3.25. The van der Waals surface area contributed by atoms with Gasteiger partial charge in [-0.05, 0) is 57.6 Å². The third-order valence-corrected chi connectivity index (χ3v) is 6.54. The molecule has 7 nitrogen and oxygen atoms in total. The lowest BCUT2D eigenvalue weighted by atomic mass is 9.97. The summed E-state index contributed by atoms with van der Waals surface area (Å²) < 4.78 is 46.1. The lowest BCUT2D eigenvalue weighted by Crippen LogP contribution is -2.40. The topological polar surface area (TPSA) is 86.3 Å². The number of alkyl halides is 3. The normalized spacial score (nSPS) is 21.6. The van der Waals surface area contributed by atoms with Crippen LogP contribution in [-0.2, 0) is 0 Å². The zero-order valence-corrected chi connectivity index (χ0v) is 18.4. The van der Waals surface area contributed by atoms with E-state index in [0.717, 1.165) is 13.0 Å². The molecule has 4 rings (SSSR count). The predicted octanol–water partition coefficient (Wildman–Crippen LogP) is 4.10. The third kappa shape index (κ3) is 4.14. The van der Waals surface area contributed by atoms with Crippen LogP contribution in [0.2, 0.25) is 0 Å². The molecule has 0 aromatic carbocycles. The number of amides is 1. The van der Waals surface area contributed by atoms with Gasteiger partial charge in [0.15, 0.2) is 5.82 Å². The molecule has 0 bridgehead atoms. The summed E-state index contributed by atoms with van der Waals surface area (Å²) >= 11 is 0. The lowest BCUT2D eigenvalue weighted by molar-refractivity contribution is -0.190. The Balaban J connectivity index is 1.52. The van der Waals surface area contributed by atoms with Gasteiger partial charge in [0.2, 0.25) is 5.88 Å². The van der Waals surface area contributed by atoms with Crippen LogP contribution in [0.5, 0.6) is 5.88 Å². The van der Waals surface area contributed by atoms with E-state index >= 15 is 0 Å². The molecule has 2 aliphatic rings. The molecular formula is C22H28F3N5O2. The Morgan fingerprint density at radius 3 is 2.56 bits per heavy atom. The minimum Gasteiger partial charge on any atom is -0.477 e. The number of nitrogens with two attached hydrogens (primary N) is 1. The Bertz CT molecular complexity index is 1010. The molecule has 174 valence electrons. The van der Waals surface area contributed by atoms with Gasteiger partial charge in [-0.2, -0.15) is 13.2 Å². The Morgan fingerprint density at radius 2 is 2.00 bits per heavy atom. The molecule has 2 aromatic rings. The Morgan fingerprint density at radius 1 is 1.28 bits per heavy atom. The summed E-state index contributed by atoms with van der Waals surface area (Å²) in [7, 11) is 0. The fraction of sp³-hybridized carbons (Fsp3) is 0.591. The van der Waals surface area contributed by atoms with Gasteiger partial charge in [0.1, 0.15) is 5.82 Å².